The van der Waals surface area contributed by atoms with Crippen LogP contribution in [0.5, 0.6) is 0 Å². The van der Waals surface area contributed by atoms with Gasteiger partial charge in [-0.15, -0.1) is 0 Å². The predicted molar refractivity (Wildman–Crippen MR) is 51.0 cm³/mol. The first kappa shape index (κ1) is 12.3. The fourth-order valence-electron chi connectivity index (χ4n) is 1.08. The second-order valence-electron chi connectivity index (χ2n) is 2.92. The molecule has 0 aromatic rings. The summed E-state index contributed by atoms with van der Waals surface area (Å²) in [6.45, 7) is 2.86. The zero-order valence-corrected chi connectivity index (χ0v) is 7.91. The SMILES string of the molecule is NCCN(CCCO)CCC(N)=O. The van der Waals surface area contributed by atoms with Crippen LogP contribution in [0.2, 0.25) is 0 Å². The minimum absolute atomic E-state index is 0.164. The molecule has 0 aliphatic heterocycles. The molecule has 5 nitrogen and oxygen atoms in total. The molecule has 1 amide bonds. The molecule has 0 atom stereocenters. The Labute approximate surface area is 78.7 Å². The van der Waals surface area contributed by atoms with Crippen LogP contribution in [-0.2, 0) is 4.79 Å². The highest BCUT2D eigenvalue weighted by molar-refractivity contribution is 5.73. The lowest BCUT2D eigenvalue weighted by Gasteiger charge is -2.19. The van der Waals surface area contributed by atoms with Crippen molar-refractivity contribution < 1.29 is 9.90 Å². The van der Waals surface area contributed by atoms with Crippen molar-refractivity contribution >= 4 is 5.91 Å². The third-order valence-corrected chi connectivity index (χ3v) is 1.75. The number of nitrogens with two attached hydrogens (primary N) is 2. The van der Waals surface area contributed by atoms with E-state index in [1.165, 1.54) is 0 Å². The summed E-state index contributed by atoms with van der Waals surface area (Å²) >= 11 is 0. The molecule has 0 rings (SSSR count). The van der Waals surface area contributed by atoms with Gasteiger partial charge in [0.2, 0.25) is 5.91 Å². The van der Waals surface area contributed by atoms with Crippen LogP contribution < -0.4 is 11.5 Å². The molecule has 0 saturated carbocycles. The van der Waals surface area contributed by atoms with Crippen LogP contribution in [-0.4, -0.2) is 48.7 Å². The van der Waals surface area contributed by atoms with Gasteiger partial charge in [-0.05, 0) is 6.42 Å². The summed E-state index contributed by atoms with van der Waals surface area (Å²) in [5.74, 6) is -0.300. The van der Waals surface area contributed by atoms with E-state index in [9.17, 15) is 4.79 Å². The number of rotatable bonds is 8. The van der Waals surface area contributed by atoms with E-state index in [-0.39, 0.29) is 12.5 Å². The van der Waals surface area contributed by atoms with E-state index >= 15 is 0 Å². The van der Waals surface area contributed by atoms with Gasteiger partial charge in [0.15, 0.2) is 0 Å². The average molecular weight is 189 g/mol. The van der Waals surface area contributed by atoms with Gasteiger partial charge in [0.05, 0.1) is 0 Å². The summed E-state index contributed by atoms with van der Waals surface area (Å²) in [5, 5.41) is 8.61. The molecule has 5 heteroatoms. The largest absolute Gasteiger partial charge is 0.396 e. The van der Waals surface area contributed by atoms with Gasteiger partial charge < -0.3 is 21.5 Å². The van der Waals surface area contributed by atoms with Crippen LogP contribution in [0.15, 0.2) is 0 Å². The van der Waals surface area contributed by atoms with Gasteiger partial charge in [0.25, 0.3) is 0 Å². The standard InChI is InChI=1S/C8H19N3O2/c9-3-6-11(4-1-7-12)5-2-8(10)13/h12H,1-7,9H2,(H2,10,13). The Bertz CT molecular complexity index is 141. The lowest BCUT2D eigenvalue weighted by Crippen LogP contribution is -2.33. The minimum Gasteiger partial charge on any atom is -0.396 e. The van der Waals surface area contributed by atoms with Crippen molar-refractivity contribution in [3.63, 3.8) is 0 Å². The number of amides is 1. The number of carbonyl (C=O) groups excluding carboxylic acids is 1. The Morgan fingerprint density at radius 2 is 2.00 bits per heavy atom. The second-order valence-corrected chi connectivity index (χ2v) is 2.92. The van der Waals surface area contributed by atoms with Crippen molar-refractivity contribution in [1.82, 2.24) is 4.90 Å². The maximum absolute atomic E-state index is 10.5. The molecule has 0 saturated heterocycles. The van der Waals surface area contributed by atoms with Gasteiger partial charge in [-0.3, -0.25) is 4.79 Å². The van der Waals surface area contributed by atoms with Gasteiger partial charge in [0, 0.05) is 39.2 Å². The summed E-state index contributed by atoms with van der Waals surface area (Å²) < 4.78 is 0. The number of carbonyl (C=O) groups is 1. The molecule has 0 unspecified atom stereocenters. The third kappa shape index (κ3) is 7.70. The fraction of sp³-hybridized carbons (Fsp3) is 0.875. The number of hydrogen-bond donors (Lipinski definition) is 3. The van der Waals surface area contributed by atoms with Crippen molar-refractivity contribution in [2.24, 2.45) is 11.5 Å². The smallest absolute Gasteiger partial charge is 0.218 e. The molecule has 0 fully saturated rings. The topological polar surface area (TPSA) is 92.6 Å². The van der Waals surface area contributed by atoms with Gasteiger partial charge in [-0.2, -0.15) is 0 Å². The Kier molecular flexibility index (Phi) is 7.57. The third-order valence-electron chi connectivity index (χ3n) is 1.75. The quantitative estimate of drug-likeness (QED) is 0.433. The van der Waals surface area contributed by atoms with E-state index in [2.05, 4.69) is 0 Å². The number of aliphatic hydroxyl groups is 1. The van der Waals surface area contributed by atoms with Crippen molar-refractivity contribution in [2.45, 2.75) is 12.8 Å². The highest BCUT2D eigenvalue weighted by Crippen LogP contribution is 1.92. The second kappa shape index (κ2) is 7.97. The molecule has 0 heterocycles. The maximum atomic E-state index is 10.5. The average Bonchev–Trinajstić information content (AvgIpc) is 2.09. The summed E-state index contributed by atoms with van der Waals surface area (Å²) in [6.07, 6.45) is 1.06. The predicted octanol–water partition coefficient (Wildman–Crippen LogP) is -1.50. The molecule has 0 radical (unpaired) electrons. The molecule has 0 aliphatic carbocycles. The van der Waals surface area contributed by atoms with Crippen LogP contribution in [0.25, 0.3) is 0 Å². The molecule has 0 aliphatic rings. The van der Waals surface area contributed by atoms with Crippen LogP contribution in [0.1, 0.15) is 12.8 Å². The van der Waals surface area contributed by atoms with Crippen LogP contribution >= 0.6 is 0 Å². The van der Waals surface area contributed by atoms with Gasteiger partial charge >= 0.3 is 0 Å². The van der Waals surface area contributed by atoms with Crippen molar-refractivity contribution in [3.8, 4) is 0 Å². The first-order valence-corrected chi connectivity index (χ1v) is 4.52. The Balaban J connectivity index is 3.59. The molecule has 0 bridgehead atoms. The number of primary amides is 1. The van der Waals surface area contributed by atoms with E-state index < -0.39 is 0 Å². The molecule has 0 aromatic heterocycles. The van der Waals surface area contributed by atoms with E-state index in [0.29, 0.717) is 25.9 Å². The molecular formula is C8H19N3O2. The molecule has 0 aromatic carbocycles. The molecule has 0 spiro atoms. The normalized spacial score (nSPS) is 10.7. The number of nitrogens with zero attached hydrogens (tertiary/aromatic N) is 1. The summed E-state index contributed by atoms with van der Waals surface area (Å²) in [4.78, 5) is 12.5. The fourth-order valence-corrected chi connectivity index (χ4v) is 1.08. The highest BCUT2D eigenvalue weighted by atomic mass is 16.3. The maximum Gasteiger partial charge on any atom is 0.218 e. The van der Waals surface area contributed by atoms with E-state index in [1.807, 2.05) is 4.90 Å². The van der Waals surface area contributed by atoms with Crippen molar-refractivity contribution in [3.05, 3.63) is 0 Å². The highest BCUT2D eigenvalue weighted by Gasteiger charge is 2.04. The van der Waals surface area contributed by atoms with Crippen molar-refractivity contribution in [2.75, 3.05) is 32.8 Å². The van der Waals surface area contributed by atoms with Gasteiger partial charge in [0.1, 0.15) is 0 Å². The molecular weight excluding hydrogens is 170 g/mol. The van der Waals surface area contributed by atoms with Gasteiger partial charge in [-0.1, -0.05) is 0 Å². The zero-order valence-electron chi connectivity index (χ0n) is 7.91. The molecule has 5 N–H and O–H groups in total. The Morgan fingerprint density at radius 3 is 2.46 bits per heavy atom. The summed E-state index contributed by atoms with van der Waals surface area (Å²) in [6, 6.07) is 0. The van der Waals surface area contributed by atoms with Gasteiger partial charge in [-0.25, -0.2) is 0 Å². The molecule has 13 heavy (non-hydrogen) atoms. The Morgan fingerprint density at radius 1 is 1.31 bits per heavy atom. The van der Waals surface area contributed by atoms with Crippen LogP contribution in [0, 0.1) is 0 Å². The van der Waals surface area contributed by atoms with Crippen molar-refractivity contribution in [1.29, 1.82) is 0 Å². The van der Waals surface area contributed by atoms with E-state index in [0.717, 1.165) is 13.1 Å². The van der Waals surface area contributed by atoms with Crippen LogP contribution in [0.3, 0.4) is 0 Å². The summed E-state index contributed by atoms with van der Waals surface area (Å²) in [5.41, 5.74) is 10.4. The van der Waals surface area contributed by atoms with E-state index in [4.69, 9.17) is 16.6 Å². The monoisotopic (exact) mass is 189 g/mol. The number of aliphatic hydroxyl groups excluding tert-OH is 1. The lowest BCUT2D eigenvalue weighted by molar-refractivity contribution is -0.118. The lowest BCUT2D eigenvalue weighted by atomic mass is 10.3. The Hall–Kier alpha value is -0.650. The van der Waals surface area contributed by atoms with E-state index in [1.54, 1.807) is 0 Å². The molecule has 78 valence electrons. The first-order valence-electron chi connectivity index (χ1n) is 4.52. The first-order chi connectivity index (χ1) is 6.20. The van der Waals surface area contributed by atoms with Crippen LogP contribution in [0.4, 0.5) is 0 Å². The zero-order chi connectivity index (χ0) is 10.1. The number of hydrogen-bond acceptors (Lipinski definition) is 4. The summed E-state index contributed by atoms with van der Waals surface area (Å²) in [7, 11) is 0. The minimum atomic E-state index is -0.300.